The maximum atomic E-state index is 11.8. The normalized spacial score (nSPS) is 11.1. The Hall–Kier alpha value is -1.25. The van der Waals surface area contributed by atoms with Crippen molar-refractivity contribution in [1.29, 1.82) is 0 Å². The van der Waals surface area contributed by atoms with Gasteiger partial charge in [-0.05, 0) is 6.42 Å². The lowest BCUT2D eigenvalue weighted by Gasteiger charge is -2.08. The van der Waals surface area contributed by atoms with Crippen LogP contribution < -0.4 is 0 Å². The van der Waals surface area contributed by atoms with Crippen LogP contribution in [0.15, 0.2) is 0 Å². The lowest BCUT2D eigenvalue weighted by atomic mass is 10.0. The molecule has 0 aliphatic carbocycles. The van der Waals surface area contributed by atoms with Crippen molar-refractivity contribution >= 4 is 5.97 Å². The molecular formula is C33H62O9. The number of esters is 1. The van der Waals surface area contributed by atoms with Gasteiger partial charge in [-0.1, -0.05) is 89.9 Å². The third-order valence-corrected chi connectivity index (χ3v) is 6.39. The summed E-state index contributed by atoms with van der Waals surface area (Å²) in [4.78, 5) is 11.8. The van der Waals surface area contributed by atoms with Gasteiger partial charge >= 0.3 is 5.97 Å². The lowest BCUT2D eigenvalue weighted by molar-refractivity contribution is -0.145. The van der Waals surface area contributed by atoms with Gasteiger partial charge in [-0.15, -0.1) is 6.42 Å². The Morgan fingerprint density at radius 3 is 1.12 bits per heavy atom. The highest BCUT2D eigenvalue weighted by Gasteiger charge is 2.03. The van der Waals surface area contributed by atoms with E-state index in [2.05, 4.69) is 12.8 Å². The third kappa shape index (κ3) is 36.8. The van der Waals surface area contributed by atoms with Crippen molar-refractivity contribution in [3.63, 3.8) is 0 Å². The monoisotopic (exact) mass is 602 g/mol. The number of rotatable bonds is 36. The average Bonchev–Trinajstić information content (AvgIpc) is 3.00. The molecule has 0 saturated heterocycles. The summed E-state index contributed by atoms with van der Waals surface area (Å²) in [7, 11) is 0. The summed E-state index contributed by atoms with van der Waals surface area (Å²) in [5.41, 5.74) is 0. The van der Waals surface area contributed by atoms with Crippen LogP contribution in [0, 0.1) is 12.3 Å². The van der Waals surface area contributed by atoms with Crippen LogP contribution in [0.3, 0.4) is 0 Å². The highest BCUT2D eigenvalue weighted by molar-refractivity contribution is 5.69. The quantitative estimate of drug-likeness (QED) is 0.0504. The first-order valence-corrected chi connectivity index (χ1v) is 16.4. The summed E-state index contributed by atoms with van der Waals surface area (Å²) in [6.45, 7) is 9.25. The minimum absolute atomic E-state index is 0.129. The van der Waals surface area contributed by atoms with Crippen LogP contribution in [0.25, 0.3) is 0 Å². The minimum atomic E-state index is -0.129. The molecular weight excluding hydrogens is 540 g/mol. The number of hydrogen-bond acceptors (Lipinski definition) is 9. The summed E-state index contributed by atoms with van der Waals surface area (Å²) in [6, 6.07) is 0. The van der Waals surface area contributed by atoms with Gasteiger partial charge in [0.05, 0.1) is 85.9 Å². The van der Waals surface area contributed by atoms with Crippen LogP contribution in [-0.4, -0.2) is 105 Å². The van der Waals surface area contributed by atoms with E-state index in [1.54, 1.807) is 0 Å². The first kappa shape index (κ1) is 40.8. The van der Waals surface area contributed by atoms with Crippen molar-refractivity contribution in [2.45, 2.75) is 96.8 Å². The Morgan fingerprint density at radius 1 is 0.452 bits per heavy atom. The van der Waals surface area contributed by atoms with E-state index in [4.69, 9.17) is 44.3 Å². The number of unbranched alkanes of at least 4 members (excludes halogenated alkanes) is 12. The Balaban J connectivity index is 3.13. The molecule has 0 bridgehead atoms. The van der Waals surface area contributed by atoms with Crippen molar-refractivity contribution in [3.8, 4) is 12.3 Å². The smallest absolute Gasteiger partial charge is 0.305 e. The number of ether oxygens (including phenoxy) is 8. The largest absolute Gasteiger partial charge is 0.463 e. The summed E-state index contributed by atoms with van der Waals surface area (Å²) < 4.78 is 42.9. The van der Waals surface area contributed by atoms with E-state index in [0.717, 1.165) is 12.8 Å². The van der Waals surface area contributed by atoms with Crippen molar-refractivity contribution in [2.24, 2.45) is 0 Å². The van der Waals surface area contributed by atoms with E-state index < -0.39 is 0 Å². The third-order valence-electron chi connectivity index (χ3n) is 6.39. The molecule has 0 fully saturated rings. The van der Waals surface area contributed by atoms with Crippen LogP contribution in [0.4, 0.5) is 0 Å². The molecule has 0 heterocycles. The summed E-state index contributed by atoms with van der Waals surface area (Å²) in [5.74, 6) is 2.27. The molecule has 0 N–H and O–H groups in total. The van der Waals surface area contributed by atoms with Crippen LogP contribution in [0.5, 0.6) is 0 Å². The predicted molar refractivity (Wildman–Crippen MR) is 166 cm³/mol. The molecule has 0 rings (SSSR count). The van der Waals surface area contributed by atoms with E-state index in [1.807, 2.05) is 0 Å². The molecule has 0 radical (unpaired) electrons. The first-order valence-electron chi connectivity index (χ1n) is 16.4. The van der Waals surface area contributed by atoms with Crippen molar-refractivity contribution < 1.29 is 42.7 Å². The van der Waals surface area contributed by atoms with Crippen LogP contribution in [-0.2, 0) is 42.7 Å². The highest BCUT2D eigenvalue weighted by Crippen LogP contribution is 2.13. The minimum Gasteiger partial charge on any atom is -0.463 e. The molecule has 0 aromatic carbocycles. The van der Waals surface area contributed by atoms with Gasteiger partial charge in [0.2, 0.25) is 0 Å². The standard InChI is InChI=1S/C33H62O9/c1-3-5-6-7-8-9-10-11-12-13-14-15-16-17-33(34)42-32-31-41-30-29-40-28-27-39-26-25-38-24-23-37-22-21-36-20-19-35-18-4-2/h2H,3,5-32H2,1H3. The first-order chi connectivity index (χ1) is 20.8. The Bertz CT molecular complexity index is 568. The zero-order valence-electron chi connectivity index (χ0n) is 26.8. The molecule has 9 nitrogen and oxygen atoms in total. The Kier molecular flexibility index (Phi) is 36.7. The van der Waals surface area contributed by atoms with Gasteiger partial charge in [-0.3, -0.25) is 4.79 Å². The number of terminal acetylenes is 1. The van der Waals surface area contributed by atoms with E-state index in [-0.39, 0.29) is 5.97 Å². The molecule has 0 aliphatic heterocycles. The van der Waals surface area contributed by atoms with E-state index in [0.29, 0.717) is 106 Å². The van der Waals surface area contributed by atoms with Gasteiger partial charge in [0.15, 0.2) is 0 Å². The van der Waals surface area contributed by atoms with Gasteiger partial charge in [-0.25, -0.2) is 0 Å². The molecule has 248 valence electrons. The molecule has 0 aromatic rings. The van der Waals surface area contributed by atoms with Crippen LogP contribution in [0.1, 0.15) is 96.8 Å². The summed E-state index contributed by atoms with van der Waals surface area (Å²) in [6.07, 6.45) is 22.4. The maximum Gasteiger partial charge on any atom is 0.305 e. The van der Waals surface area contributed by atoms with E-state index in [9.17, 15) is 4.79 Å². The molecule has 0 atom stereocenters. The van der Waals surface area contributed by atoms with Gasteiger partial charge < -0.3 is 37.9 Å². The van der Waals surface area contributed by atoms with Gasteiger partial charge in [-0.2, -0.15) is 0 Å². The molecule has 0 amide bonds. The summed E-state index contributed by atoms with van der Waals surface area (Å²) >= 11 is 0. The second kappa shape index (κ2) is 37.8. The topological polar surface area (TPSA) is 90.9 Å². The maximum absolute atomic E-state index is 11.8. The average molecular weight is 603 g/mol. The fourth-order valence-corrected chi connectivity index (χ4v) is 4.02. The molecule has 0 aromatic heterocycles. The molecule has 0 spiro atoms. The lowest BCUT2D eigenvalue weighted by Crippen LogP contribution is -2.15. The fourth-order valence-electron chi connectivity index (χ4n) is 4.02. The van der Waals surface area contributed by atoms with Gasteiger partial charge in [0.25, 0.3) is 0 Å². The number of hydrogen-bond donors (Lipinski definition) is 0. The van der Waals surface area contributed by atoms with Crippen LogP contribution in [0.2, 0.25) is 0 Å². The molecule has 42 heavy (non-hydrogen) atoms. The SMILES string of the molecule is C#CCOCCOCCOCCOCCOCCOCCOCCOC(=O)CCCCCCCCCCCCCCC. The number of carbonyl (C=O) groups is 1. The zero-order valence-corrected chi connectivity index (χ0v) is 26.8. The molecule has 0 saturated carbocycles. The second-order valence-electron chi connectivity index (χ2n) is 10.1. The second-order valence-corrected chi connectivity index (χ2v) is 10.1. The fraction of sp³-hybridized carbons (Fsp3) is 0.909. The van der Waals surface area contributed by atoms with Gasteiger partial charge in [0, 0.05) is 6.42 Å². The Morgan fingerprint density at radius 2 is 0.762 bits per heavy atom. The summed E-state index contributed by atoms with van der Waals surface area (Å²) in [5, 5.41) is 0. The molecule has 9 heteroatoms. The van der Waals surface area contributed by atoms with Crippen molar-refractivity contribution in [3.05, 3.63) is 0 Å². The van der Waals surface area contributed by atoms with Crippen molar-refractivity contribution in [2.75, 3.05) is 99.1 Å². The van der Waals surface area contributed by atoms with E-state index in [1.165, 1.54) is 70.6 Å². The highest BCUT2D eigenvalue weighted by atomic mass is 16.6. The van der Waals surface area contributed by atoms with Crippen LogP contribution >= 0.6 is 0 Å². The molecule has 0 aliphatic rings. The van der Waals surface area contributed by atoms with Crippen molar-refractivity contribution in [1.82, 2.24) is 0 Å². The molecule has 0 unspecified atom stereocenters. The predicted octanol–water partition coefficient (Wildman–Crippen LogP) is 5.76. The van der Waals surface area contributed by atoms with E-state index >= 15 is 0 Å². The zero-order chi connectivity index (χ0) is 30.4. The van der Waals surface area contributed by atoms with Gasteiger partial charge in [0.1, 0.15) is 13.2 Å². The Labute approximate surface area is 256 Å². The number of carbonyl (C=O) groups excluding carboxylic acids is 1.